The van der Waals surface area contributed by atoms with Crippen molar-refractivity contribution in [2.45, 2.75) is 335 Å². The van der Waals surface area contributed by atoms with E-state index in [2.05, 4.69) is 26.0 Å². The molecule has 4 aliphatic rings. The third kappa shape index (κ3) is 28.2. The second kappa shape index (κ2) is 44.7. The van der Waals surface area contributed by atoms with Crippen LogP contribution in [0.4, 0.5) is 0 Å². The summed E-state index contributed by atoms with van der Waals surface area (Å²) in [6.45, 7) is 0.0599. The largest absolute Gasteiger partial charge is 0.472 e. The van der Waals surface area contributed by atoms with Crippen molar-refractivity contribution >= 4 is 19.8 Å². The van der Waals surface area contributed by atoms with Crippen molar-refractivity contribution in [1.29, 1.82) is 0 Å². The van der Waals surface area contributed by atoms with Crippen LogP contribution in [0.3, 0.4) is 0 Å². The second-order valence-electron chi connectivity index (χ2n) is 24.7. The van der Waals surface area contributed by atoms with Crippen molar-refractivity contribution in [2.24, 2.45) is 0 Å². The van der Waals surface area contributed by atoms with E-state index in [9.17, 15) is 90.5 Å². The molecule has 0 spiro atoms. The predicted octanol–water partition coefficient (Wildman–Crippen LogP) is 2.14. The van der Waals surface area contributed by atoms with Crippen LogP contribution in [-0.4, -0.2) is 256 Å². The molecule has 0 bridgehead atoms. The molecule has 0 amide bonds. The van der Waals surface area contributed by atoms with Crippen molar-refractivity contribution in [3.05, 3.63) is 12.2 Å². The molecule has 4 rings (SSSR count). The van der Waals surface area contributed by atoms with E-state index < -0.39 is 188 Å². The number of aliphatic hydroxyl groups is 14. The number of phosphoric acid groups is 1. The van der Waals surface area contributed by atoms with Gasteiger partial charge in [0.05, 0.1) is 26.4 Å². The number of carbonyl (C=O) groups is 2. The molecule has 91 heavy (non-hydrogen) atoms. The molecule has 534 valence electrons. The summed E-state index contributed by atoms with van der Waals surface area (Å²) in [5, 5.41) is 150. The van der Waals surface area contributed by atoms with E-state index in [0.29, 0.717) is 19.3 Å². The molecule has 4 fully saturated rings. The normalized spacial score (nSPS) is 34.1. The number of hydrogen-bond acceptors (Lipinski definition) is 27. The smallest absolute Gasteiger partial charge is 0.462 e. The second-order valence-corrected chi connectivity index (χ2v) is 26.1. The zero-order valence-corrected chi connectivity index (χ0v) is 54.3. The van der Waals surface area contributed by atoms with E-state index in [4.69, 9.17) is 46.9 Å². The van der Waals surface area contributed by atoms with Crippen LogP contribution in [0.15, 0.2) is 12.2 Å². The zero-order valence-electron chi connectivity index (χ0n) is 53.4. The van der Waals surface area contributed by atoms with Gasteiger partial charge in [0.25, 0.3) is 0 Å². The molecular formula is C62H113O28P. The van der Waals surface area contributed by atoms with Crippen LogP contribution in [0.2, 0.25) is 0 Å². The predicted molar refractivity (Wildman–Crippen MR) is 324 cm³/mol. The number of phosphoric ester groups is 1. The zero-order chi connectivity index (χ0) is 66.9. The van der Waals surface area contributed by atoms with E-state index >= 15 is 0 Å². The number of carbonyl (C=O) groups excluding carboxylic acids is 2. The molecule has 1 saturated carbocycles. The van der Waals surface area contributed by atoms with Gasteiger partial charge in [0.1, 0.15) is 116 Å². The summed E-state index contributed by atoms with van der Waals surface area (Å²) in [5.74, 6) is -1.41. The summed E-state index contributed by atoms with van der Waals surface area (Å²) in [6, 6.07) is 0. The Balaban J connectivity index is 1.47. The Kier molecular flexibility index (Phi) is 40.0. The Morgan fingerprint density at radius 1 is 0.429 bits per heavy atom. The third-order valence-electron chi connectivity index (χ3n) is 17.2. The number of unbranched alkanes of at least 4 members (excludes halogenated alkanes) is 24. The SMILES string of the molecule is CCCCCCCCC/C=C\CCCCCCCC(=O)OC[C@H](COP(=O)(O)O[C@@H]1C(O[C@@H]2OC(CO[C@@H]3OC(CO)[C@H](O)C(O)[C@@H]3O)[C@H](O)C(O)[C@@H]2O)C(O)[C@@H](O)C(O)[C@H]1O[C@H]1OC(CO)[C@@H](O)C(O)[C@H]1O)OC(=O)CCCCCCCCCCCCCCC. The van der Waals surface area contributed by atoms with E-state index in [1.165, 1.54) is 89.9 Å². The first kappa shape index (κ1) is 81.4. The maximum absolute atomic E-state index is 14.3. The molecule has 0 aromatic rings. The topological polar surface area (TPSA) is 447 Å². The van der Waals surface area contributed by atoms with Crippen LogP contribution in [-0.2, 0) is 61.1 Å². The first-order valence-electron chi connectivity index (χ1n) is 33.5. The minimum Gasteiger partial charge on any atom is -0.462 e. The molecule has 0 aromatic carbocycles. The molecule has 23 atom stereocenters. The number of esters is 2. The summed E-state index contributed by atoms with van der Waals surface area (Å²) in [5.41, 5.74) is 0. The van der Waals surface area contributed by atoms with Gasteiger partial charge in [-0.1, -0.05) is 161 Å². The summed E-state index contributed by atoms with van der Waals surface area (Å²) >= 11 is 0. The van der Waals surface area contributed by atoms with Gasteiger partial charge in [-0.15, -0.1) is 0 Å². The quantitative estimate of drug-likeness (QED) is 0.0180. The molecule has 3 saturated heterocycles. The Labute approximate surface area is 535 Å². The number of ether oxygens (including phenoxy) is 8. The Morgan fingerprint density at radius 3 is 1.23 bits per heavy atom. The average Bonchev–Trinajstić information content (AvgIpc) is 0.848. The molecule has 29 heteroatoms. The fourth-order valence-corrected chi connectivity index (χ4v) is 12.4. The van der Waals surface area contributed by atoms with Crippen LogP contribution in [0.5, 0.6) is 0 Å². The lowest BCUT2D eigenvalue weighted by molar-refractivity contribution is -0.364. The number of hydrogen-bond donors (Lipinski definition) is 15. The molecule has 3 heterocycles. The molecule has 0 aromatic heterocycles. The third-order valence-corrected chi connectivity index (χ3v) is 18.2. The van der Waals surface area contributed by atoms with Gasteiger partial charge in [-0.3, -0.25) is 18.6 Å². The Hall–Kier alpha value is -2.01. The molecule has 28 nitrogen and oxygen atoms in total. The number of allylic oxidation sites excluding steroid dienone is 2. The minimum absolute atomic E-state index is 0.0112. The lowest BCUT2D eigenvalue weighted by Crippen LogP contribution is -2.69. The minimum atomic E-state index is -5.75. The average molecular weight is 1340 g/mol. The van der Waals surface area contributed by atoms with Crippen molar-refractivity contribution < 1.29 is 137 Å². The van der Waals surface area contributed by atoms with Gasteiger partial charge in [0.15, 0.2) is 25.0 Å². The highest BCUT2D eigenvalue weighted by Crippen LogP contribution is 2.49. The van der Waals surface area contributed by atoms with Crippen molar-refractivity contribution in [2.75, 3.05) is 33.0 Å². The van der Waals surface area contributed by atoms with Crippen LogP contribution >= 0.6 is 7.82 Å². The van der Waals surface area contributed by atoms with Gasteiger partial charge in [0, 0.05) is 12.8 Å². The maximum Gasteiger partial charge on any atom is 0.472 e. The number of aliphatic hydroxyl groups excluding tert-OH is 14. The monoisotopic (exact) mass is 1340 g/mol. The van der Waals surface area contributed by atoms with E-state index in [-0.39, 0.29) is 12.8 Å². The summed E-state index contributed by atoms with van der Waals surface area (Å²) in [7, 11) is -5.75. The Bertz CT molecular complexity index is 2010. The van der Waals surface area contributed by atoms with Crippen molar-refractivity contribution in [3.8, 4) is 0 Å². The van der Waals surface area contributed by atoms with E-state index in [0.717, 1.165) is 64.2 Å². The Morgan fingerprint density at radius 2 is 0.791 bits per heavy atom. The first-order valence-corrected chi connectivity index (χ1v) is 35.0. The van der Waals surface area contributed by atoms with Crippen LogP contribution < -0.4 is 0 Å². The lowest BCUT2D eigenvalue weighted by Gasteiger charge is -2.49. The molecule has 3 aliphatic heterocycles. The van der Waals surface area contributed by atoms with Crippen molar-refractivity contribution in [1.82, 2.24) is 0 Å². The standard InChI is InChI=1S/C62H113O28P/c1-3-5-7-9-11-13-15-17-18-19-21-22-24-26-28-30-32-43(65)81-36-39(84-44(66)33-31-29-27-25-23-20-16-14-12-10-8-6-4-2)37-83-91(79,80)90-59-57(88-61-55(77)49(71)46(68)41(35-64)86-61)52(74)51(73)53(75)58(59)89-62-56(78)50(72)47(69)42(87-62)38-82-60-54(76)48(70)45(67)40(34-63)85-60/h18-19,39-42,45-64,67-78H,3-17,20-38H2,1-2H3,(H,79,80)/b19-18-/t39-,40?,41?,42?,45+,46-,47+,48?,49?,50?,51+,52?,53?,54+,55-,56+,57-,58?,59+,60-,61-,62+/m1/s1. The first-order chi connectivity index (χ1) is 43.6. The van der Waals surface area contributed by atoms with Crippen LogP contribution in [0.1, 0.15) is 200 Å². The molecule has 10 unspecified atom stereocenters. The lowest BCUT2D eigenvalue weighted by atomic mass is 9.84. The van der Waals surface area contributed by atoms with Gasteiger partial charge < -0.3 is 114 Å². The van der Waals surface area contributed by atoms with Crippen LogP contribution in [0.25, 0.3) is 0 Å². The van der Waals surface area contributed by atoms with Gasteiger partial charge in [-0.25, -0.2) is 4.57 Å². The van der Waals surface area contributed by atoms with Gasteiger partial charge in [-0.05, 0) is 38.5 Å². The highest BCUT2D eigenvalue weighted by Gasteiger charge is 2.58. The summed E-state index contributed by atoms with van der Waals surface area (Å²) in [6.07, 6.45) is -12.3. The fraction of sp³-hybridized carbons (Fsp3) is 0.935. The highest BCUT2D eigenvalue weighted by molar-refractivity contribution is 7.47. The van der Waals surface area contributed by atoms with Gasteiger partial charge in [0.2, 0.25) is 0 Å². The number of rotatable bonds is 47. The van der Waals surface area contributed by atoms with E-state index in [1.807, 2.05) is 0 Å². The molecule has 15 N–H and O–H groups in total. The van der Waals surface area contributed by atoms with E-state index in [1.54, 1.807) is 0 Å². The van der Waals surface area contributed by atoms with Gasteiger partial charge in [-0.2, -0.15) is 0 Å². The summed E-state index contributed by atoms with van der Waals surface area (Å²) < 4.78 is 69.9. The maximum atomic E-state index is 14.3. The van der Waals surface area contributed by atoms with Gasteiger partial charge >= 0.3 is 19.8 Å². The molecule has 0 radical (unpaired) electrons. The van der Waals surface area contributed by atoms with Crippen molar-refractivity contribution in [3.63, 3.8) is 0 Å². The highest BCUT2D eigenvalue weighted by atomic mass is 31.2. The summed E-state index contributed by atoms with van der Waals surface area (Å²) in [4.78, 5) is 37.9. The fourth-order valence-electron chi connectivity index (χ4n) is 11.4. The molecular weight excluding hydrogens is 1220 g/mol. The van der Waals surface area contributed by atoms with Crippen LogP contribution in [0, 0.1) is 0 Å². The molecule has 1 aliphatic carbocycles.